The van der Waals surface area contributed by atoms with Gasteiger partial charge in [-0.3, -0.25) is 0 Å². The molecule has 2 heteroatoms. The van der Waals surface area contributed by atoms with Gasteiger partial charge in [-0.25, -0.2) is 0 Å². The van der Waals surface area contributed by atoms with Crippen LogP contribution in [0.2, 0.25) is 0 Å². The summed E-state index contributed by atoms with van der Waals surface area (Å²) in [6.07, 6.45) is 2.28. The van der Waals surface area contributed by atoms with Gasteiger partial charge in [-0.2, -0.15) is 0 Å². The zero-order valence-electron chi connectivity index (χ0n) is 11.4. The molecule has 1 nitrogen and oxygen atoms in total. The zero-order valence-corrected chi connectivity index (χ0v) is 12.3. The largest absolute Gasteiger partial charge is 0.324 e. The summed E-state index contributed by atoms with van der Waals surface area (Å²) < 4.78 is 0. The van der Waals surface area contributed by atoms with Gasteiger partial charge in [0.2, 0.25) is 0 Å². The molecule has 0 aliphatic carbocycles. The highest BCUT2D eigenvalue weighted by atomic mass is 35.5. The number of halogens is 1. The topological polar surface area (TPSA) is 26.0 Å². The van der Waals surface area contributed by atoms with E-state index >= 15 is 0 Å². The Morgan fingerprint density at radius 3 is 2.12 bits per heavy atom. The number of hydrogen-bond acceptors (Lipinski definition) is 1. The fourth-order valence-electron chi connectivity index (χ4n) is 1.83. The van der Waals surface area contributed by atoms with Gasteiger partial charge >= 0.3 is 0 Å². The number of rotatable bonds is 5. The Hall–Kier alpha value is -0.530. The first kappa shape index (κ1) is 16.5. The molecule has 1 aromatic rings. The van der Waals surface area contributed by atoms with Crippen LogP contribution in [-0.2, 0) is 0 Å². The summed E-state index contributed by atoms with van der Waals surface area (Å²) in [5.74, 6) is 1.32. The standard InChI is InChI=1S/C15H25N.ClH/c1-11(2)8-9-15(16)14-7-5-6-13(10-14)12(3)4;/h5-7,10-12,15H,8-9,16H2,1-4H3;1H/t15-;/m0./s1. The second-order valence-electron chi connectivity index (χ2n) is 5.40. The monoisotopic (exact) mass is 255 g/mol. The van der Waals surface area contributed by atoms with Crippen LogP contribution in [-0.4, -0.2) is 0 Å². The van der Waals surface area contributed by atoms with Crippen molar-refractivity contribution in [3.8, 4) is 0 Å². The Labute approximate surface area is 112 Å². The van der Waals surface area contributed by atoms with E-state index in [0.29, 0.717) is 5.92 Å². The Bertz CT molecular complexity index is 320. The molecule has 1 atom stereocenters. The van der Waals surface area contributed by atoms with Crippen molar-refractivity contribution in [1.29, 1.82) is 0 Å². The van der Waals surface area contributed by atoms with E-state index in [2.05, 4.69) is 52.0 Å². The molecule has 0 saturated heterocycles. The summed E-state index contributed by atoms with van der Waals surface area (Å²) in [5.41, 5.74) is 8.88. The smallest absolute Gasteiger partial charge is 0.0295 e. The molecule has 17 heavy (non-hydrogen) atoms. The molecule has 2 N–H and O–H groups in total. The summed E-state index contributed by atoms with van der Waals surface area (Å²) in [5, 5.41) is 0. The van der Waals surface area contributed by atoms with Gasteiger partial charge in [0, 0.05) is 6.04 Å². The van der Waals surface area contributed by atoms with Crippen molar-refractivity contribution in [2.45, 2.75) is 52.5 Å². The molecule has 0 bridgehead atoms. The second kappa shape index (κ2) is 7.73. The number of hydrogen-bond donors (Lipinski definition) is 1. The summed E-state index contributed by atoms with van der Waals surface area (Å²) in [4.78, 5) is 0. The van der Waals surface area contributed by atoms with Crippen molar-refractivity contribution in [2.75, 3.05) is 0 Å². The Kier molecular flexibility index (Phi) is 7.49. The van der Waals surface area contributed by atoms with Crippen LogP contribution in [0.4, 0.5) is 0 Å². The van der Waals surface area contributed by atoms with Crippen molar-refractivity contribution in [3.05, 3.63) is 35.4 Å². The molecule has 0 aliphatic rings. The lowest BCUT2D eigenvalue weighted by Crippen LogP contribution is -2.11. The van der Waals surface area contributed by atoms with Crippen LogP contribution in [0, 0.1) is 5.92 Å². The Morgan fingerprint density at radius 2 is 1.59 bits per heavy atom. The predicted molar refractivity (Wildman–Crippen MR) is 78.8 cm³/mol. The van der Waals surface area contributed by atoms with Gasteiger partial charge in [0.05, 0.1) is 0 Å². The van der Waals surface area contributed by atoms with Crippen molar-refractivity contribution in [1.82, 2.24) is 0 Å². The molecular weight excluding hydrogens is 230 g/mol. The molecule has 0 heterocycles. The molecule has 1 aromatic carbocycles. The Balaban J connectivity index is 0.00000256. The van der Waals surface area contributed by atoms with Crippen molar-refractivity contribution >= 4 is 12.4 Å². The van der Waals surface area contributed by atoms with Gasteiger partial charge in [0.15, 0.2) is 0 Å². The van der Waals surface area contributed by atoms with Crippen LogP contribution in [0.1, 0.15) is 63.6 Å². The third-order valence-corrected chi connectivity index (χ3v) is 3.06. The highest BCUT2D eigenvalue weighted by Crippen LogP contribution is 2.22. The maximum atomic E-state index is 6.21. The highest BCUT2D eigenvalue weighted by Gasteiger charge is 2.08. The van der Waals surface area contributed by atoms with E-state index in [1.54, 1.807) is 0 Å². The summed E-state index contributed by atoms with van der Waals surface area (Å²) in [7, 11) is 0. The number of benzene rings is 1. The van der Waals surface area contributed by atoms with E-state index in [0.717, 1.165) is 12.3 Å². The van der Waals surface area contributed by atoms with Crippen molar-refractivity contribution < 1.29 is 0 Å². The minimum atomic E-state index is 0. The van der Waals surface area contributed by atoms with Crippen LogP contribution in [0.15, 0.2) is 24.3 Å². The maximum Gasteiger partial charge on any atom is 0.0295 e. The molecular formula is C15H26ClN. The van der Waals surface area contributed by atoms with Crippen molar-refractivity contribution in [2.24, 2.45) is 11.7 Å². The quantitative estimate of drug-likeness (QED) is 0.813. The molecule has 0 aliphatic heterocycles. The molecule has 1 rings (SSSR count). The summed E-state index contributed by atoms with van der Waals surface area (Å²) in [6, 6.07) is 8.91. The van der Waals surface area contributed by atoms with Gasteiger partial charge in [-0.15, -0.1) is 12.4 Å². The Morgan fingerprint density at radius 1 is 1.00 bits per heavy atom. The highest BCUT2D eigenvalue weighted by molar-refractivity contribution is 5.85. The lowest BCUT2D eigenvalue weighted by atomic mass is 9.94. The van der Waals surface area contributed by atoms with E-state index in [4.69, 9.17) is 5.73 Å². The predicted octanol–water partition coefficient (Wildman–Crippen LogP) is 4.67. The molecule has 0 aromatic heterocycles. The van der Waals surface area contributed by atoms with Gasteiger partial charge in [-0.1, -0.05) is 52.0 Å². The first-order chi connectivity index (χ1) is 7.50. The van der Waals surface area contributed by atoms with E-state index in [1.165, 1.54) is 17.5 Å². The van der Waals surface area contributed by atoms with Gasteiger partial charge < -0.3 is 5.73 Å². The molecule has 0 spiro atoms. The summed E-state index contributed by atoms with van der Waals surface area (Å²) >= 11 is 0. The first-order valence-electron chi connectivity index (χ1n) is 6.36. The third-order valence-electron chi connectivity index (χ3n) is 3.06. The lowest BCUT2D eigenvalue weighted by Gasteiger charge is -2.15. The maximum absolute atomic E-state index is 6.21. The molecule has 0 saturated carbocycles. The van der Waals surface area contributed by atoms with Gasteiger partial charge in [0.25, 0.3) is 0 Å². The minimum absolute atomic E-state index is 0. The van der Waals surface area contributed by atoms with Crippen LogP contribution in [0.5, 0.6) is 0 Å². The average molecular weight is 256 g/mol. The van der Waals surface area contributed by atoms with E-state index in [-0.39, 0.29) is 18.4 Å². The molecule has 0 amide bonds. The number of nitrogens with two attached hydrogens (primary N) is 1. The van der Waals surface area contributed by atoms with Crippen LogP contribution in [0.25, 0.3) is 0 Å². The lowest BCUT2D eigenvalue weighted by molar-refractivity contribution is 0.507. The molecule has 0 unspecified atom stereocenters. The van der Waals surface area contributed by atoms with Crippen molar-refractivity contribution in [3.63, 3.8) is 0 Å². The minimum Gasteiger partial charge on any atom is -0.324 e. The first-order valence-corrected chi connectivity index (χ1v) is 6.36. The second-order valence-corrected chi connectivity index (χ2v) is 5.40. The van der Waals surface area contributed by atoms with E-state index < -0.39 is 0 Å². The van der Waals surface area contributed by atoms with Crippen LogP contribution in [0.3, 0.4) is 0 Å². The van der Waals surface area contributed by atoms with E-state index in [9.17, 15) is 0 Å². The average Bonchev–Trinajstić information content (AvgIpc) is 2.26. The normalized spacial score (nSPS) is 12.6. The van der Waals surface area contributed by atoms with Crippen LogP contribution < -0.4 is 5.73 Å². The molecule has 0 radical (unpaired) electrons. The molecule has 0 fully saturated rings. The van der Waals surface area contributed by atoms with Gasteiger partial charge in [-0.05, 0) is 35.8 Å². The summed E-state index contributed by atoms with van der Waals surface area (Å²) in [6.45, 7) is 8.94. The SMILES string of the molecule is CC(C)CC[C@H](N)c1cccc(C(C)C)c1.Cl. The molecule has 98 valence electrons. The fourth-order valence-corrected chi connectivity index (χ4v) is 1.83. The van der Waals surface area contributed by atoms with E-state index in [1.807, 2.05) is 0 Å². The van der Waals surface area contributed by atoms with Crippen LogP contribution >= 0.6 is 12.4 Å². The fraction of sp³-hybridized carbons (Fsp3) is 0.600. The zero-order chi connectivity index (χ0) is 12.1. The third kappa shape index (κ3) is 5.56. The van der Waals surface area contributed by atoms with Gasteiger partial charge in [0.1, 0.15) is 0 Å².